The van der Waals surface area contributed by atoms with Crippen molar-refractivity contribution in [3.8, 4) is 0 Å². The van der Waals surface area contributed by atoms with Crippen LogP contribution in [-0.2, 0) is 9.59 Å². The van der Waals surface area contributed by atoms with E-state index in [0.29, 0.717) is 30.0 Å². The fourth-order valence-electron chi connectivity index (χ4n) is 2.11. The van der Waals surface area contributed by atoms with Gasteiger partial charge in [-0.05, 0) is 43.0 Å². The maximum absolute atomic E-state index is 11.9. The van der Waals surface area contributed by atoms with Gasteiger partial charge in [-0.1, -0.05) is 25.4 Å². The van der Waals surface area contributed by atoms with Crippen LogP contribution in [-0.4, -0.2) is 35.5 Å². The number of carbonyl (C=O) groups excluding carboxylic acids is 2. The Balaban J connectivity index is 2.31. The summed E-state index contributed by atoms with van der Waals surface area (Å²) in [5, 5.41) is 14.8. The molecular weight excluding hydrogens is 332 g/mol. The van der Waals surface area contributed by atoms with Gasteiger partial charge < -0.3 is 15.7 Å². The second kappa shape index (κ2) is 9.93. The van der Waals surface area contributed by atoms with E-state index in [9.17, 15) is 14.4 Å². The Kier molecular flexibility index (Phi) is 8.26. The molecule has 1 aromatic rings. The molecule has 0 aliphatic rings. The van der Waals surface area contributed by atoms with Gasteiger partial charge in [0.25, 0.3) is 5.91 Å². The highest BCUT2D eigenvalue weighted by Gasteiger charge is 2.20. The van der Waals surface area contributed by atoms with E-state index >= 15 is 0 Å². The van der Waals surface area contributed by atoms with Crippen LogP contribution in [0.3, 0.4) is 0 Å². The third-order valence-corrected chi connectivity index (χ3v) is 3.56. The van der Waals surface area contributed by atoms with Crippen LogP contribution >= 0.6 is 11.6 Å². The number of nitrogens with one attached hydrogen (secondary N) is 2. The third-order valence-electron chi connectivity index (χ3n) is 3.31. The first-order valence-corrected chi connectivity index (χ1v) is 8.23. The molecule has 0 spiro atoms. The van der Waals surface area contributed by atoms with Crippen LogP contribution in [0, 0.1) is 5.92 Å². The standard InChI is InChI=1S/C17H23ClN2O4/c1-11(2)10-14(17(23)24)20-15(21)4-3-9-19-16(22)12-5-7-13(18)8-6-12/h5-8,11,14H,3-4,9-10H2,1-2H3,(H,19,22)(H,20,21)(H,23,24). The van der Waals surface area contributed by atoms with Crippen LogP contribution in [0.2, 0.25) is 5.02 Å². The van der Waals surface area contributed by atoms with Gasteiger partial charge in [0.15, 0.2) is 0 Å². The third kappa shape index (κ3) is 7.46. The number of rotatable bonds is 9. The molecule has 0 aromatic heterocycles. The van der Waals surface area contributed by atoms with Crippen LogP contribution in [0.4, 0.5) is 0 Å². The van der Waals surface area contributed by atoms with Gasteiger partial charge in [0.2, 0.25) is 5.91 Å². The van der Waals surface area contributed by atoms with Crippen LogP contribution in [0.25, 0.3) is 0 Å². The zero-order chi connectivity index (χ0) is 18.1. The van der Waals surface area contributed by atoms with Crippen LogP contribution in [0.15, 0.2) is 24.3 Å². The smallest absolute Gasteiger partial charge is 0.326 e. The van der Waals surface area contributed by atoms with Crippen LogP contribution in [0.5, 0.6) is 0 Å². The highest BCUT2D eigenvalue weighted by Crippen LogP contribution is 2.09. The lowest BCUT2D eigenvalue weighted by Gasteiger charge is -2.16. The summed E-state index contributed by atoms with van der Waals surface area (Å²) in [6.07, 6.45) is 0.969. The Morgan fingerprint density at radius 1 is 1.17 bits per heavy atom. The van der Waals surface area contributed by atoms with Crippen molar-refractivity contribution < 1.29 is 19.5 Å². The maximum atomic E-state index is 11.9. The van der Waals surface area contributed by atoms with E-state index in [1.165, 1.54) is 0 Å². The van der Waals surface area contributed by atoms with Crippen molar-refractivity contribution in [1.29, 1.82) is 0 Å². The molecule has 1 rings (SSSR count). The van der Waals surface area contributed by atoms with Gasteiger partial charge in [0, 0.05) is 23.6 Å². The molecule has 6 nitrogen and oxygen atoms in total. The molecule has 1 atom stereocenters. The van der Waals surface area contributed by atoms with Gasteiger partial charge in [0.05, 0.1) is 0 Å². The number of aliphatic carboxylic acids is 1. The summed E-state index contributed by atoms with van der Waals surface area (Å²) in [4.78, 5) is 34.7. The number of benzene rings is 1. The first kappa shape index (κ1) is 20.0. The Labute approximate surface area is 146 Å². The molecule has 0 aliphatic carbocycles. The predicted molar refractivity (Wildman–Crippen MR) is 92.0 cm³/mol. The quantitative estimate of drug-likeness (QED) is 0.593. The van der Waals surface area contributed by atoms with E-state index < -0.39 is 12.0 Å². The molecule has 0 heterocycles. The zero-order valence-electron chi connectivity index (χ0n) is 13.8. The molecule has 0 aliphatic heterocycles. The first-order chi connectivity index (χ1) is 11.3. The molecule has 2 amide bonds. The number of carbonyl (C=O) groups is 3. The highest BCUT2D eigenvalue weighted by atomic mass is 35.5. The second-order valence-corrected chi connectivity index (χ2v) is 6.39. The minimum Gasteiger partial charge on any atom is -0.480 e. The normalized spacial score (nSPS) is 11.8. The summed E-state index contributed by atoms with van der Waals surface area (Å²) in [5.41, 5.74) is 0.492. The summed E-state index contributed by atoms with van der Waals surface area (Å²) in [7, 11) is 0. The van der Waals surface area contributed by atoms with Crippen molar-refractivity contribution in [3.05, 3.63) is 34.9 Å². The van der Waals surface area contributed by atoms with Crippen LogP contribution < -0.4 is 10.6 Å². The highest BCUT2D eigenvalue weighted by molar-refractivity contribution is 6.30. The van der Waals surface area contributed by atoms with Gasteiger partial charge in [-0.15, -0.1) is 0 Å². The largest absolute Gasteiger partial charge is 0.480 e. The number of hydrogen-bond donors (Lipinski definition) is 3. The summed E-state index contributed by atoms with van der Waals surface area (Å²) in [6.45, 7) is 4.12. The van der Waals surface area contributed by atoms with E-state index in [1.54, 1.807) is 24.3 Å². The number of halogens is 1. The van der Waals surface area contributed by atoms with Crippen molar-refractivity contribution in [2.24, 2.45) is 5.92 Å². The number of amides is 2. The average Bonchev–Trinajstić information content (AvgIpc) is 2.50. The van der Waals surface area contributed by atoms with Gasteiger partial charge in [0.1, 0.15) is 6.04 Å². The SMILES string of the molecule is CC(C)CC(NC(=O)CCCNC(=O)c1ccc(Cl)cc1)C(=O)O. The lowest BCUT2D eigenvalue weighted by Crippen LogP contribution is -2.41. The Hall–Kier alpha value is -2.08. The fraction of sp³-hybridized carbons (Fsp3) is 0.471. The fourth-order valence-corrected chi connectivity index (χ4v) is 2.24. The molecule has 3 N–H and O–H groups in total. The van der Waals surface area contributed by atoms with E-state index in [0.717, 1.165) is 0 Å². The number of carboxylic acid groups (broad SMARTS) is 1. The summed E-state index contributed by atoms with van der Waals surface area (Å²) < 4.78 is 0. The van der Waals surface area contributed by atoms with Crippen molar-refractivity contribution in [2.45, 2.75) is 39.2 Å². The molecule has 1 unspecified atom stereocenters. The van der Waals surface area contributed by atoms with Crippen LogP contribution in [0.1, 0.15) is 43.5 Å². The van der Waals surface area contributed by atoms with E-state index in [4.69, 9.17) is 16.7 Å². The molecule has 0 radical (unpaired) electrons. The van der Waals surface area contributed by atoms with Gasteiger partial charge >= 0.3 is 5.97 Å². The van der Waals surface area contributed by atoms with Gasteiger partial charge in [-0.25, -0.2) is 4.79 Å². The van der Waals surface area contributed by atoms with Crippen molar-refractivity contribution >= 4 is 29.4 Å². The molecule has 0 saturated heterocycles. The minimum atomic E-state index is -1.03. The summed E-state index contributed by atoms with van der Waals surface area (Å²) in [5.74, 6) is -1.43. The summed E-state index contributed by atoms with van der Waals surface area (Å²) in [6, 6.07) is 5.62. The van der Waals surface area contributed by atoms with E-state index in [1.807, 2.05) is 13.8 Å². The molecule has 24 heavy (non-hydrogen) atoms. The van der Waals surface area contributed by atoms with Gasteiger partial charge in [-0.2, -0.15) is 0 Å². The second-order valence-electron chi connectivity index (χ2n) is 5.95. The predicted octanol–water partition coefficient (Wildman–Crippen LogP) is 2.47. The average molecular weight is 355 g/mol. The maximum Gasteiger partial charge on any atom is 0.326 e. The van der Waals surface area contributed by atoms with Crippen molar-refractivity contribution in [3.63, 3.8) is 0 Å². The molecule has 7 heteroatoms. The lowest BCUT2D eigenvalue weighted by molar-refractivity contribution is -0.142. The van der Waals surface area contributed by atoms with Gasteiger partial charge in [-0.3, -0.25) is 9.59 Å². The number of hydrogen-bond acceptors (Lipinski definition) is 3. The molecule has 0 bridgehead atoms. The van der Waals surface area contributed by atoms with Crippen molar-refractivity contribution in [2.75, 3.05) is 6.54 Å². The summed E-state index contributed by atoms with van der Waals surface area (Å²) >= 11 is 5.76. The Morgan fingerprint density at radius 2 is 1.79 bits per heavy atom. The molecule has 132 valence electrons. The molecule has 0 fully saturated rings. The first-order valence-electron chi connectivity index (χ1n) is 7.85. The minimum absolute atomic E-state index is 0.156. The van der Waals surface area contributed by atoms with Crippen molar-refractivity contribution in [1.82, 2.24) is 10.6 Å². The molecule has 0 saturated carbocycles. The molecule has 1 aromatic carbocycles. The topological polar surface area (TPSA) is 95.5 Å². The monoisotopic (exact) mass is 354 g/mol. The Morgan fingerprint density at radius 3 is 2.33 bits per heavy atom. The van der Waals surface area contributed by atoms with E-state index in [2.05, 4.69) is 10.6 Å². The Bertz CT molecular complexity index is 572. The zero-order valence-corrected chi connectivity index (χ0v) is 14.6. The number of carboxylic acids is 1. The van der Waals surface area contributed by atoms with E-state index in [-0.39, 0.29) is 24.2 Å². The lowest BCUT2D eigenvalue weighted by atomic mass is 10.0. The molecular formula is C17H23ClN2O4.